The topological polar surface area (TPSA) is 131 Å². The molecule has 32 heavy (non-hydrogen) atoms. The number of benzene rings is 2. The first-order chi connectivity index (χ1) is 15.2. The molecule has 0 aromatic heterocycles. The molecule has 0 spiro atoms. The van der Waals surface area contributed by atoms with E-state index in [-0.39, 0.29) is 39.1 Å². The Kier molecular flexibility index (Phi) is 6.35. The van der Waals surface area contributed by atoms with Crippen LogP contribution in [0.15, 0.2) is 35.9 Å². The quantitative estimate of drug-likeness (QED) is 0.497. The van der Waals surface area contributed by atoms with Gasteiger partial charge >= 0.3 is 12.0 Å². The van der Waals surface area contributed by atoms with Gasteiger partial charge in [0.2, 0.25) is 0 Å². The van der Waals surface area contributed by atoms with E-state index >= 15 is 0 Å². The normalized spacial score (nSPS) is 14.9. The molecule has 1 aliphatic rings. The van der Waals surface area contributed by atoms with Gasteiger partial charge in [-0.1, -0.05) is 17.7 Å². The summed E-state index contributed by atoms with van der Waals surface area (Å²) in [6.45, 7) is 0. The van der Waals surface area contributed by atoms with Gasteiger partial charge in [0.15, 0.2) is 0 Å². The lowest BCUT2D eigenvalue weighted by Crippen LogP contribution is -2.54. The summed E-state index contributed by atoms with van der Waals surface area (Å²) in [6.07, 6.45) is 1.17. The number of carbonyl (C=O) groups is 4. The van der Waals surface area contributed by atoms with Gasteiger partial charge in [-0.3, -0.25) is 14.9 Å². The maximum Gasteiger partial charge on any atom is 0.339 e. The zero-order valence-electron chi connectivity index (χ0n) is 17.1. The fourth-order valence-electron chi connectivity index (χ4n) is 3.04. The minimum absolute atomic E-state index is 0.00407. The molecule has 1 heterocycles. The third kappa shape index (κ3) is 4.08. The molecule has 0 saturated carbocycles. The standard InChI is InChI=1S/C21H17ClN2O8/c1-30-15-5-4-10(6-11(15)20(27)28)7-12-18(25)23-21(29)24(19(12)26)14-9-16(31-2)13(22)8-17(14)32-3/h4-9H,1-3H3,(H,27,28)(H,23,25,29)/b12-7+. The Morgan fingerprint density at radius 1 is 1.00 bits per heavy atom. The van der Waals surface area contributed by atoms with Crippen LogP contribution in [0.25, 0.3) is 6.08 Å². The number of carboxylic acid groups (broad SMARTS) is 1. The van der Waals surface area contributed by atoms with Gasteiger partial charge in [-0.05, 0) is 23.8 Å². The molecule has 0 radical (unpaired) electrons. The summed E-state index contributed by atoms with van der Waals surface area (Å²) in [4.78, 5) is 50.2. The lowest BCUT2D eigenvalue weighted by atomic mass is 10.0. The summed E-state index contributed by atoms with van der Waals surface area (Å²) >= 11 is 6.08. The Morgan fingerprint density at radius 2 is 1.66 bits per heavy atom. The molecule has 4 amide bonds. The van der Waals surface area contributed by atoms with E-state index in [1.807, 2.05) is 0 Å². The van der Waals surface area contributed by atoms with Gasteiger partial charge in [0, 0.05) is 12.1 Å². The number of carboxylic acids is 1. The molecule has 2 aromatic rings. The SMILES string of the molecule is COc1cc(N2C(=O)NC(=O)/C(=C\c3ccc(OC)c(C(=O)O)c3)C2=O)c(OC)cc1Cl. The highest BCUT2D eigenvalue weighted by Gasteiger charge is 2.38. The predicted octanol–water partition coefficient (Wildman–Crippen LogP) is 2.73. The van der Waals surface area contributed by atoms with E-state index in [2.05, 4.69) is 5.32 Å². The van der Waals surface area contributed by atoms with E-state index in [4.69, 9.17) is 25.8 Å². The van der Waals surface area contributed by atoms with Crippen molar-refractivity contribution in [1.82, 2.24) is 5.32 Å². The summed E-state index contributed by atoms with van der Waals surface area (Å²) in [6, 6.07) is 5.77. The maximum atomic E-state index is 13.2. The number of nitrogens with zero attached hydrogens (tertiary/aromatic N) is 1. The summed E-state index contributed by atoms with van der Waals surface area (Å²) in [5.41, 5.74) is -0.336. The third-order valence-electron chi connectivity index (χ3n) is 4.56. The molecule has 3 rings (SSSR count). The molecular weight excluding hydrogens is 444 g/mol. The van der Waals surface area contributed by atoms with Gasteiger partial charge in [-0.15, -0.1) is 0 Å². The van der Waals surface area contributed by atoms with Crippen LogP contribution in [0.3, 0.4) is 0 Å². The Balaban J connectivity index is 2.11. The Bertz CT molecular complexity index is 1170. The number of amides is 4. The van der Waals surface area contributed by atoms with Gasteiger partial charge in [-0.2, -0.15) is 0 Å². The van der Waals surface area contributed by atoms with Crippen LogP contribution in [0.5, 0.6) is 17.2 Å². The second kappa shape index (κ2) is 8.98. The molecule has 0 bridgehead atoms. The second-order valence-corrected chi connectivity index (χ2v) is 6.79. The average Bonchev–Trinajstić information content (AvgIpc) is 2.76. The highest BCUT2D eigenvalue weighted by atomic mass is 35.5. The van der Waals surface area contributed by atoms with E-state index in [0.29, 0.717) is 4.90 Å². The summed E-state index contributed by atoms with van der Waals surface area (Å²) in [5, 5.41) is 11.6. The number of aromatic carboxylic acids is 1. The van der Waals surface area contributed by atoms with Crippen molar-refractivity contribution >= 4 is 47.2 Å². The number of imide groups is 2. The zero-order valence-corrected chi connectivity index (χ0v) is 17.9. The monoisotopic (exact) mass is 460 g/mol. The summed E-state index contributed by atoms with van der Waals surface area (Å²) < 4.78 is 15.4. The molecule has 166 valence electrons. The molecule has 2 N–H and O–H groups in total. The van der Waals surface area contributed by atoms with Crippen LogP contribution in [-0.4, -0.2) is 50.3 Å². The van der Waals surface area contributed by atoms with Crippen LogP contribution in [0.1, 0.15) is 15.9 Å². The van der Waals surface area contributed by atoms with E-state index in [9.17, 15) is 24.3 Å². The average molecular weight is 461 g/mol. The fraction of sp³-hybridized carbons (Fsp3) is 0.143. The first-order valence-corrected chi connectivity index (χ1v) is 9.34. The van der Waals surface area contributed by atoms with Crippen LogP contribution in [0, 0.1) is 0 Å². The second-order valence-electron chi connectivity index (χ2n) is 6.38. The number of anilines is 1. The largest absolute Gasteiger partial charge is 0.496 e. The predicted molar refractivity (Wildman–Crippen MR) is 114 cm³/mol. The van der Waals surface area contributed by atoms with Gasteiger partial charge in [0.05, 0.1) is 32.0 Å². The minimum Gasteiger partial charge on any atom is -0.496 e. The number of barbiturate groups is 1. The van der Waals surface area contributed by atoms with E-state index in [0.717, 1.165) is 0 Å². The highest BCUT2D eigenvalue weighted by molar-refractivity contribution is 6.39. The summed E-state index contributed by atoms with van der Waals surface area (Å²) in [5.74, 6) is -2.78. The highest BCUT2D eigenvalue weighted by Crippen LogP contribution is 2.39. The molecule has 1 saturated heterocycles. The number of hydrogen-bond donors (Lipinski definition) is 2. The molecule has 0 atom stereocenters. The van der Waals surface area contributed by atoms with Gasteiger partial charge in [-0.25, -0.2) is 14.5 Å². The number of hydrogen-bond acceptors (Lipinski definition) is 7. The molecule has 0 aliphatic carbocycles. The first-order valence-electron chi connectivity index (χ1n) is 8.96. The van der Waals surface area contributed by atoms with Crippen LogP contribution in [-0.2, 0) is 9.59 Å². The summed E-state index contributed by atoms with van der Waals surface area (Å²) in [7, 11) is 3.99. The van der Waals surface area contributed by atoms with Crippen molar-refractivity contribution < 1.29 is 38.5 Å². The van der Waals surface area contributed by atoms with Crippen molar-refractivity contribution in [2.75, 3.05) is 26.2 Å². The molecule has 11 heteroatoms. The molecule has 0 unspecified atom stereocenters. The van der Waals surface area contributed by atoms with Gasteiger partial charge < -0.3 is 19.3 Å². The minimum atomic E-state index is -1.25. The van der Waals surface area contributed by atoms with Crippen molar-refractivity contribution in [3.63, 3.8) is 0 Å². The smallest absolute Gasteiger partial charge is 0.339 e. The van der Waals surface area contributed by atoms with Crippen LogP contribution < -0.4 is 24.4 Å². The number of nitrogens with one attached hydrogen (secondary N) is 1. The van der Waals surface area contributed by atoms with Crippen molar-refractivity contribution in [3.8, 4) is 17.2 Å². The van der Waals surface area contributed by atoms with Crippen LogP contribution in [0.4, 0.5) is 10.5 Å². The van der Waals surface area contributed by atoms with Gasteiger partial charge in [0.25, 0.3) is 11.8 Å². The number of halogens is 1. The Labute approximate surface area is 186 Å². The lowest BCUT2D eigenvalue weighted by Gasteiger charge is -2.28. The number of carbonyl (C=O) groups excluding carboxylic acids is 3. The van der Waals surface area contributed by atoms with E-state index in [1.54, 1.807) is 0 Å². The van der Waals surface area contributed by atoms with Crippen molar-refractivity contribution in [2.24, 2.45) is 0 Å². The maximum absolute atomic E-state index is 13.2. The van der Waals surface area contributed by atoms with Crippen LogP contribution in [0.2, 0.25) is 5.02 Å². The number of methoxy groups -OCH3 is 3. The van der Waals surface area contributed by atoms with E-state index in [1.165, 1.54) is 57.7 Å². The number of rotatable bonds is 6. The van der Waals surface area contributed by atoms with Crippen molar-refractivity contribution in [2.45, 2.75) is 0 Å². The molecule has 1 fully saturated rings. The molecule has 10 nitrogen and oxygen atoms in total. The lowest BCUT2D eigenvalue weighted by molar-refractivity contribution is -0.122. The Hall–Kier alpha value is -4.05. The van der Waals surface area contributed by atoms with Crippen molar-refractivity contribution in [3.05, 3.63) is 52.1 Å². The zero-order chi connectivity index (χ0) is 23.6. The van der Waals surface area contributed by atoms with Crippen LogP contribution >= 0.6 is 11.6 Å². The first kappa shape index (κ1) is 22.6. The number of urea groups is 1. The van der Waals surface area contributed by atoms with Gasteiger partial charge in [0.1, 0.15) is 28.4 Å². The number of ether oxygens (including phenoxy) is 3. The third-order valence-corrected chi connectivity index (χ3v) is 4.86. The van der Waals surface area contributed by atoms with E-state index < -0.39 is 29.4 Å². The van der Waals surface area contributed by atoms with Crippen molar-refractivity contribution in [1.29, 1.82) is 0 Å². The molecule has 1 aliphatic heterocycles. The molecular formula is C21H17ClN2O8. The Morgan fingerprint density at radius 3 is 2.25 bits per heavy atom. The fourth-order valence-corrected chi connectivity index (χ4v) is 3.28. The molecule has 2 aromatic carbocycles.